The van der Waals surface area contributed by atoms with Gasteiger partial charge in [0.15, 0.2) is 6.29 Å². The molecule has 0 radical (unpaired) electrons. The van der Waals surface area contributed by atoms with Crippen molar-refractivity contribution < 1.29 is 143 Å². The summed E-state index contributed by atoms with van der Waals surface area (Å²) in [6.07, 6.45) is 8.21. The Labute approximate surface area is 762 Å². The van der Waals surface area contributed by atoms with Crippen molar-refractivity contribution in [2.75, 3.05) is 6.61 Å². The van der Waals surface area contributed by atoms with E-state index in [0.717, 1.165) is 39.5 Å². The molecule has 1 N–H and O–H groups in total. The maximum absolute atomic E-state index is 14.4. The summed E-state index contributed by atoms with van der Waals surface area (Å²) >= 11 is 0. The minimum absolute atomic E-state index is 0.00468. The summed E-state index contributed by atoms with van der Waals surface area (Å²) in [5.41, 5.74) is -4.41. The number of hydrogen-bond acceptors (Lipinski definition) is 30. The molecule has 0 bridgehead atoms. The van der Waals surface area contributed by atoms with Crippen LogP contribution in [0.4, 0.5) is 0 Å². The van der Waals surface area contributed by atoms with E-state index in [-0.39, 0.29) is 130 Å². The van der Waals surface area contributed by atoms with Crippen molar-refractivity contribution in [2.24, 2.45) is 63.1 Å². The molecule has 5 aliphatic rings. The molecule has 5 aliphatic carbocycles. The number of ether oxygens (including phenoxy) is 12. The Morgan fingerprint density at radius 1 is 0.388 bits per heavy atom. The first-order valence-corrected chi connectivity index (χ1v) is 46.4. The molecule has 129 heavy (non-hydrogen) atoms. The van der Waals surface area contributed by atoms with Crippen LogP contribution in [-0.4, -0.2) is 172 Å². The lowest BCUT2D eigenvalue weighted by Gasteiger charge is -2.43. The predicted molar refractivity (Wildman–Crippen MR) is 471 cm³/mol. The molecule has 0 aromatic heterocycles. The van der Waals surface area contributed by atoms with Gasteiger partial charge in [-0.25, -0.2) is 0 Å². The lowest BCUT2D eigenvalue weighted by atomic mass is 9.78. The van der Waals surface area contributed by atoms with Crippen LogP contribution in [0.1, 0.15) is 344 Å². The monoisotopic (exact) mass is 1820 g/mol. The molecule has 5 rings (SSSR count). The molecule has 16 unspecified atom stereocenters. The molecule has 0 amide bonds. The molecular formula is C99H148O30. The van der Waals surface area contributed by atoms with Crippen LogP contribution in [0.25, 0.3) is 0 Å². The molecule has 0 aromatic carbocycles. The summed E-state index contributed by atoms with van der Waals surface area (Å²) in [4.78, 5) is 229. The molecule has 0 aromatic rings. The number of Topliss-reactive ketones (excluding diaryl/α,β-unsaturated/α-hetero) is 6. The second-order valence-corrected chi connectivity index (χ2v) is 41.0. The Bertz CT molecular complexity index is 4030. The van der Waals surface area contributed by atoms with E-state index in [2.05, 4.69) is 20.8 Å². The number of allylic oxidation sites excluding steroid dienone is 6. The molecule has 4 fully saturated rings. The topological polar surface area (TPSA) is 421 Å². The number of carbonyl (C=O) groups excluding carboxylic acids is 17. The van der Waals surface area contributed by atoms with E-state index in [4.69, 9.17) is 56.8 Å². The number of aliphatic hydroxyl groups excluding tert-OH is 1. The van der Waals surface area contributed by atoms with Crippen LogP contribution in [0.2, 0.25) is 0 Å². The fourth-order valence-electron chi connectivity index (χ4n) is 17.1. The van der Waals surface area contributed by atoms with E-state index >= 15 is 0 Å². The maximum atomic E-state index is 14.4. The van der Waals surface area contributed by atoms with Crippen molar-refractivity contribution in [1.82, 2.24) is 0 Å². The average Bonchev–Trinajstić information content (AvgIpc) is 0.907. The summed E-state index contributed by atoms with van der Waals surface area (Å²) < 4.78 is 71.1. The normalized spacial score (nSPS) is 24.9. The molecule has 0 heterocycles. The highest BCUT2D eigenvalue weighted by molar-refractivity contribution is 6.01. The van der Waals surface area contributed by atoms with Crippen molar-refractivity contribution in [3.05, 3.63) is 48.0 Å². The zero-order valence-corrected chi connectivity index (χ0v) is 80.2. The van der Waals surface area contributed by atoms with Crippen LogP contribution in [0.3, 0.4) is 0 Å². The van der Waals surface area contributed by atoms with Crippen LogP contribution >= 0.6 is 0 Å². The van der Waals surface area contributed by atoms with Gasteiger partial charge in [0.1, 0.15) is 124 Å². The summed E-state index contributed by atoms with van der Waals surface area (Å²) in [7, 11) is 0. The fraction of sp³-hybridized carbons (Fsp3) is 0.747. The molecule has 724 valence electrons. The standard InChI is InChI=1S/C99H148O30/c1-60(100)74(43-47-85(111)128-98(19)52-25-21-22-30-71(48-55-98)123-84(110)51-54-95(10,11)12)88(112)124-72-37-26-29-66(59-118-92(116)86(64(5)104)96(13,14)15)78(57-72)126-89(113)75(61(2)101)40-44-80(106)119-67-33-27-35-68(36-28-34-67)120-81(107)45-41-76(62(3)102)90(114)127-79-58-73(125-93(117)87(65(6)105)97(16,17)18)49-56-99(79,20)129-91(115)77(63(4)103)42-46-82(108)121-69-31-23-24-32-70(39-38-69)122-83(109)50-53-94(7,8)9/h27-28,33-36,66,69-79,86-87,89,113H,21-26,29-32,37-59H2,1-20H3/b33-27?,34-28?,35-27-,36-28?,67-33?,67-34?,68-35?,68-36+/t66?,69?,70?,71?,72?,73?,74?,75?,76?,77-,78?,79?,86?,87?,89?,98?,99?/m1/s1. The zero-order valence-electron chi connectivity index (χ0n) is 80.2. The van der Waals surface area contributed by atoms with Gasteiger partial charge in [-0.05, 0) is 249 Å². The van der Waals surface area contributed by atoms with E-state index in [0.29, 0.717) is 83.5 Å². The molecule has 4 saturated carbocycles. The van der Waals surface area contributed by atoms with E-state index in [1.807, 2.05) is 27.7 Å². The number of hydrogen-bond donors (Lipinski definition) is 1. The van der Waals surface area contributed by atoms with E-state index in [1.54, 1.807) is 41.5 Å². The first-order chi connectivity index (χ1) is 60.0. The number of rotatable bonds is 42. The second-order valence-electron chi connectivity index (χ2n) is 41.0. The Balaban J connectivity index is 1.21. The SMILES string of the molecule is CC(=O)C(CCC(=O)OC1(C)CCCCCC(OC(=O)CCC(C)(C)C)CC1)C(=O)OC1CCCC(COC(=O)C(C(C)=O)C(C)(C)C)C(OC(O)C(CCC(=O)OC2=C/C=C\C(OC(=O)CCC(C(C)=O)C(=O)OC3CC(OC(=O)C(C(C)=O)C(C)(C)C)CCC3(C)OC(=O)[C@H](CCC(=O)OC3CCCCC(OC(=O)CCC(C)(C)C)CC3)C(C)=O)=C/C=C2)C(C)=O)C1. The summed E-state index contributed by atoms with van der Waals surface area (Å²) in [6.45, 7) is 32.7. The average molecular weight is 1820 g/mol. The van der Waals surface area contributed by atoms with E-state index in [1.165, 1.54) is 71.1 Å². The van der Waals surface area contributed by atoms with Crippen LogP contribution < -0.4 is 0 Å². The van der Waals surface area contributed by atoms with Gasteiger partial charge in [0.25, 0.3) is 0 Å². The van der Waals surface area contributed by atoms with Crippen molar-refractivity contribution in [3.63, 3.8) is 0 Å². The van der Waals surface area contributed by atoms with E-state index in [9.17, 15) is 86.6 Å². The molecule has 30 heteroatoms. The summed E-state index contributed by atoms with van der Waals surface area (Å²) in [6, 6.07) is 0. The summed E-state index contributed by atoms with van der Waals surface area (Å²) in [5, 5.41) is 11.9. The fourth-order valence-corrected chi connectivity index (χ4v) is 17.1. The second kappa shape index (κ2) is 51.2. The molecule has 0 spiro atoms. The first-order valence-electron chi connectivity index (χ1n) is 46.4. The molecule has 30 nitrogen and oxygen atoms in total. The minimum atomic E-state index is -1.90. The van der Waals surface area contributed by atoms with Crippen LogP contribution in [0.15, 0.2) is 48.0 Å². The number of esters is 11. The number of aliphatic hydroxyl groups is 1. The van der Waals surface area contributed by atoms with Crippen LogP contribution in [0.5, 0.6) is 0 Å². The van der Waals surface area contributed by atoms with Gasteiger partial charge >= 0.3 is 65.7 Å². The highest BCUT2D eigenvalue weighted by atomic mass is 16.6. The van der Waals surface area contributed by atoms with Crippen LogP contribution in [-0.2, 0) is 138 Å². The highest BCUT2D eigenvalue weighted by Crippen LogP contribution is 2.41. The van der Waals surface area contributed by atoms with E-state index < -0.39 is 208 Å². The van der Waals surface area contributed by atoms with Gasteiger partial charge in [-0.3, -0.25) is 81.5 Å². The van der Waals surface area contributed by atoms with Gasteiger partial charge in [0.2, 0.25) is 0 Å². The minimum Gasteiger partial charge on any atom is -0.465 e. The third-order valence-corrected chi connectivity index (χ3v) is 24.7. The van der Waals surface area contributed by atoms with Gasteiger partial charge in [-0.15, -0.1) is 0 Å². The van der Waals surface area contributed by atoms with Crippen molar-refractivity contribution in [2.45, 2.75) is 404 Å². The zero-order chi connectivity index (χ0) is 96.7. The number of ketones is 6. The molecule has 0 aliphatic heterocycles. The Morgan fingerprint density at radius 2 is 0.806 bits per heavy atom. The number of carbonyl (C=O) groups is 17. The Kier molecular flexibility index (Phi) is 43.9. The molecule has 0 saturated heterocycles. The first kappa shape index (κ1) is 111. The lowest BCUT2D eigenvalue weighted by molar-refractivity contribution is -0.205. The quantitative estimate of drug-likeness (QED) is 0.0195. The highest BCUT2D eigenvalue weighted by Gasteiger charge is 2.51. The Morgan fingerprint density at radius 3 is 1.29 bits per heavy atom. The van der Waals surface area contributed by atoms with Gasteiger partial charge < -0.3 is 61.9 Å². The third kappa shape index (κ3) is 39.6. The largest absolute Gasteiger partial charge is 0.465 e. The van der Waals surface area contributed by atoms with Crippen molar-refractivity contribution >= 4 is 100 Å². The summed E-state index contributed by atoms with van der Waals surface area (Å²) in [5.74, 6) is -20.5. The van der Waals surface area contributed by atoms with Gasteiger partial charge in [0, 0.05) is 57.3 Å². The van der Waals surface area contributed by atoms with Crippen LogP contribution in [0, 0.1) is 63.1 Å². The van der Waals surface area contributed by atoms with Gasteiger partial charge in [-0.2, -0.15) is 0 Å². The van der Waals surface area contributed by atoms with Gasteiger partial charge in [0.05, 0.1) is 18.6 Å². The smallest absolute Gasteiger partial charge is 0.317 e. The lowest BCUT2D eigenvalue weighted by Crippen LogP contribution is -2.53. The molecular weight excluding hydrogens is 1670 g/mol. The predicted octanol–water partition coefficient (Wildman–Crippen LogP) is 15.9. The van der Waals surface area contributed by atoms with Gasteiger partial charge in [-0.1, -0.05) is 102 Å². The molecule has 17 atom stereocenters. The van der Waals surface area contributed by atoms with Crippen molar-refractivity contribution in [3.8, 4) is 0 Å². The Hall–Kier alpha value is -8.93. The third-order valence-electron chi connectivity index (χ3n) is 24.7. The maximum Gasteiger partial charge on any atom is 0.317 e. The van der Waals surface area contributed by atoms with Crippen molar-refractivity contribution in [1.29, 1.82) is 0 Å².